The molecule has 2 aromatic rings. The minimum absolute atomic E-state index is 0.0380. The van der Waals surface area contributed by atoms with Gasteiger partial charge in [-0.1, -0.05) is 29.3 Å². The van der Waals surface area contributed by atoms with Crippen LogP contribution in [-0.4, -0.2) is 23.0 Å². The first-order valence-electron chi connectivity index (χ1n) is 6.77. The van der Waals surface area contributed by atoms with E-state index in [1.54, 1.807) is 25.1 Å². The van der Waals surface area contributed by atoms with Crippen molar-refractivity contribution in [3.63, 3.8) is 0 Å². The molecule has 5 nitrogen and oxygen atoms in total. The molecular formula is C16H14Cl2N2O3. The molecule has 0 spiro atoms. The molecule has 1 aromatic heterocycles. The average Bonchev–Trinajstić information content (AvgIpc) is 2.51. The van der Waals surface area contributed by atoms with Gasteiger partial charge in [-0.3, -0.25) is 4.79 Å². The molecular weight excluding hydrogens is 339 g/mol. The molecule has 2 rings (SSSR count). The van der Waals surface area contributed by atoms with Crippen LogP contribution in [-0.2, 0) is 9.53 Å². The van der Waals surface area contributed by atoms with E-state index in [9.17, 15) is 9.59 Å². The molecule has 1 N–H and O–H groups in total. The quantitative estimate of drug-likeness (QED) is 0.847. The number of pyridine rings is 1. The van der Waals surface area contributed by atoms with Gasteiger partial charge >= 0.3 is 5.97 Å². The van der Waals surface area contributed by atoms with Gasteiger partial charge in [-0.05, 0) is 43.7 Å². The number of ether oxygens (including phenoxy) is 1. The average molecular weight is 353 g/mol. The smallest absolute Gasteiger partial charge is 0.357 e. The highest BCUT2D eigenvalue weighted by atomic mass is 35.5. The van der Waals surface area contributed by atoms with Gasteiger partial charge in [-0.25, -0.2) is 9.78 Å². The van der Waals surface area contributed by atoms with E-state index < -0.39 is 18.0 Å². The number of nitrogens with zero attached hydrogens (tertiary/aromatic N) is 1. The first-order valence-corrected chi connectivity index (χ1v) is 7.52. The van der Waals surface area contributed by atoms with Gasteiger partial charge < -0.3 is 10.1 Å². The Morgan fingerprint density at radius 1 is 1.26 bits per heavy atom. The van der Waals surface area contributed by atoms with Crippen molar-refractivity contribution in [1.82, 2.24) is 4.98 Å². The van der Waals surface area contributed by atoms with Crippen LogP contribution in [0.25, 0.3) is 0 Å². The van der Waals surface area contributed by atoms with Gasteiger partial charge in [0, 0.05) is 21.9 Å². The van der Waals surface area contributed by atoms with Gasteiger partial charge in [0.15, 0.2) is 6.10 Å². The maximum absolute atomic E-state index is 12.1. The Labute approximate surface area is 143 Å². The molecule has 0 radical (unpaired) electrons. The summed E-state index contributed by atoms with van der Waals surface area (Å²) in [7, 11) is 0. The minimum Gasteiger partial charge on any atom is -0.448 e. The van der Waals surface area contributed by atoms with Crippen LogP contribution >= 0.6 is 23.2 Å². The number of carbonyl (C=O) groups excluding carboxylic acids is 2. The van der Waals surface area contributed by atoms with Crippen molar-refractivity contribution in [2.45, 2.75) is 20.0 Å². The lowest BCUT2D eigenvalue weighted by Crippen LogP contribution is -2.30. The SMILES string of the molecule is Cc1c(Cl)cccc1NC(=O)[C@H](C)OC(=O)c1cc(Cl)ccn1. The van der Waals surface area contributed by atoms with Crippen molar-refractivity contribution in [1.29, 1.82) is 0 Å². The number of hydrogen-bond acceptors (Lipinski definition) is 4. The summed E-state index contributed by atoms with van der Waals surface area (Å²) < 4.78 is 5.09. The van der Waals surface area contributed by atoms with Gasteiger partial charge in [0.1, 0.15) is 5.69 Å². The lowest BCUT2D eigenvalue weighted by Gasteiger charge is -2.15. The van der Waals surface area contributed by atoms with Gasteiger partial charge in [0.25, 0.3) is 5.91 Å². The number of amides is 1. The molecule has 0 bridgehead atoms. The number of anilines is 1. The second-order valence-electron chi connectivity index (χ2n) is 4.81. The van der Waals surface area contributed by atoms with Crippen LogP contribution in [0, 0.1) is 6.92 Å². The van der Waals surface area contributed by atoms with Gasteiger partial charge in [0.2, 0.25) is 0 Å². The van der Waals surface area contributed by atoms with Crippen LogP contribution in [0.4, 0.5) is 5.69 Å². The molecule has 0 saturated carbocycles. The summed E-state index contributed by atoms with van der Waals surface area (Å²) >= 11 is 11.8. The van der Waals surface area contributed by atoms with Crippen LogP contribution in [0.15, 0.2) is 36.5 Å². The minimum atomic E-state index is -0.998. The fraction of sp³-hybridized carbons (Fsp3) is 0.188. The van der Waals surface area contributed by atoms with E-state index in [1.807, 2.05) is 0 Å². The third-order valence-corrected chi connectivity index (χ3v) is 3.75. The third-order valence-electron chi connectivity index (χ3n) is 3.11. The van der Waals surface area contributed by atoms with E-state index in [1.165, 1.54) is 25.3 Å². The molecule has 0 aliphatic heterocycles. The first-order chi connectivity index (χ1) is 10.9. The molecule has 120 valence electrons. The van der Waals surface area contributed by atoms with Crippen LogP contribution in [0.5, 0.6) is 0 Å². The molecule has 0 saturated heterocycles. The standard InChI is InChI=1S/C16H14Cl2N2O3/c1-9-12(18)4-3-5-13(9)20-15(21)10(2)23-16(22)14-8-11(17)6-7-19-14/h3-8,10H,1-2H3,(H,20,21)/t10-/m0/s1. The number of benzene rings is 1. The molecule has 7 heteroatoms. The maximum atomic E-state index is 12.1. The molecule has 1 atom stereocenters. The third kappa shape index (κ3) is 4.43. The molecule has 0 fully saturated rings. The van der Waals surface area contributed by atoms with Crippen LogP contribution < -0.4 is 5.32 Å². The predicted octanol–water partition coefficient (Wildman–Crippen LogP) is 3.88. The molecule has 0 aliphatic rings. The Morgan fingerprint density at radius 3 is 2.70 bits per heavy atom. The number of hydrogen-bond donors (Lipinski definition) is 1. The molecule has 0 unspecified atom stereocenters. The zero-order valence-corrected chi connectivity index (χ0v) is 14.0. The summed E-state index contributed by atoms with van der Waals surface area (Å²) in [5.74, 6) is -1.19. The number of halogens is 2. The van der Waals surface area contributed by atoms with Crippen LogP contribution in [0.3, 0.4) is 0 Å². The summed E-state index contributed by atoms with van der Waals surface area (Å²) in [6.07, 6.45) is 0.389. The molecule has 23 heavy (non-hydrogen) atoms. The Balaban J connectivity index is 2.02. The largest absolute Gasteiger partial charge is 0.448 e. The van der Waals surface area contributed by atoms with Crippen molar-refractivity contribution >= 4 is 40.8 Å². The summed E-state index contributed by atoms with van der Waals surface area (Å²) in [4.78, 5) is 27.9. The van der Waals surface area contributed by atoms with E-state index in [0.717, 1.165) is 5.56 Å². The van der Waals surface area contributed by atoms with Crippen molar-refractivity contribution < 1.29 is 14.3 Å². The van der Waals surface area contributed by atoms with Gasteiger partial charge in [0.05, 0.1) is 0 Å². The number of rotatable bonds is 4. The second-order valence-corrected chi connectivity index (χ2v) is 5.65. The monoisotopic (exact) mass is 352 g/mol. The van der Waals surface area contributed by atoms with Crippen molar-refractivity contribution in [3.05, 3.63) is 57.8 Å². The first kappa shape index (κ1) is 17.2. The number of aromatic nitrogens is 1. The molecule has 1 amide bonds. The fourth-order valence-corrected chi connectivity index (χ4v) is 2.10. The molecule has 0 aliphatic carbocycles. The van der Waals surface area contributed by atoms with Gasteiger partial charge in [-0.15, -0.1) is 0 Å². The van der Waals surface area contributed by atoms with Gasteiger partial charge in [-0.2, -0.15) is 0 Å². The second kappa shape index (κ2) is 7.44. The van der Waals surface area contributed by atoms with E-state index in [2.05, 4.69) is 10.3 Å². The number of esters is 1. The highest BCUT2D eigenvalue weighted by Crippen LogP contribution is 2.23. The summed E-state index contributed by atoms with van der Waals surface area (Å²) in [5, 5.41) is 3.57. The summed E-state index contributed by atoms with van der Waals surface area (Å²) in [5.41, 5.74) is 1.33. The number of nitrogens with one attached hydrogen (secondary N) is 1. The van der Waals surface area contributed by atoms with Crippen LogP contribution in [0.2, 0.25) is 10.0 Å². The van der Waals surface area contributed by atoms with E-state index in [0.29, 0.717) is 15.7 Å². The highest BCUT2D eigenvalue weighted by Gasteiger charge is 2.20. The maximum Gasteiger partial charge on any atom is 0.357 e. The van der Waals surface area contributed by atoms with Crippen molar-refractivity contribution in [3.8, 4) is 0 Å². The Hall–Kier alpha value is -2.11. The lowest BCUT2D eigenvalue weighted by atomic mass is 10.2. The normalized spacial score (nSPS) is 11.7. The van der Waals surface area contributed by atoms with Crippen molar-refractivity contribution in [2.24, 2.45) is 0 Å². The molecule has 1 aromatic carbocycles. The topological polar surface area (TPSA) is 68.3 Å². The number of carbonyl (C=O) groups is 2. The molecule has 1 heterocycles. The van der Waals surface area contributed by atoms with E-state index >= 15 is 0 Å². The Morgan fingerprint density at radius 2 is 2.00 bits per heavy atom. The zero-order chi connectivity index (χ0) is 17.0. The van der Waals surface area contributed by atoms with Crippen LogP contribution in [0.1, 0.15) is 23.0 Å². The summed E-state index contributed by atoms with van der Waals surface area (Å²) in [6.45, 7) is 3.25. The zero-order valence-electron chi connectivity index (χ0n) is 12.5. The lowest BCUT2D eigenvalue weighted by molar-refractivity contribution is -0.123. The van der Waals surface area contributed by atoms with Crippen molar-refractivity contribution in [2.75, 3.05) is 5.32 Å². The highest BCUT2D eigenvalue weighted by molar-refractivity contribution is 6.31. The van der Waals surface area contributed by atoms with E-state index in [4.69, 9.17) is 27.9 Å². The Bertz CT molecular complexity index is 750. The van der Waals surface area contributed by atoms with E-state index in [-0.39, 0.29) is 5.69 Å². The predicted molar refractivity (Wildman–Crippen MR) is 88.9 cm³/mol. The fourth-order valence-electron chi connectivity index (χ4n) is 1.77. The summed E-state index contributed by atoms with van der Waals surface area (Å²) in [6, 6.07) is 8.07. The Kier molecular flexibility index (Phi) is 5.58.